The average Bonchev–Trinajstić information content (AvgIpc) is 2.90. The molecule has 2 heterocycles. The molecular formula is C15H15N3O. The Morgan fingerprint density at radius 3 is 2.95 bits per heavy atom. The molecule has 0 spiro atoms. The fourth-order valence-corrected chi connectivity index (χ4v) is 2.26. The third-order valence-electron chi connectivity index (χ3n) is 3.21. The normalized spacial score (nSPS) is 10.8. The van der Waals surface area contributed by atoms with Crippen molar-refractivity contribution in [2.75, 3.05) is 7.11 Å². The summed E-state index contributed by atoms with van der Waals surface area (Å²) in [7, 11) is 1.67. The Kier molecular flexibility index (Phi) is 2.93. The number of rotatable bonds is 3. The molecular weight excluding hydrogens is 238 g/mol. The first kappa shape index (κ1) is 11.7. The van der Waals surface area contributed by atoms with Crippen LogP contribution in [0.15, 0.2) is 48.8 Å². The van der Waals surface area contributed by atoms with Gasteiger partial charge in [0.15, 0.2) is 0 Å². The molecule has 19 heavy (non-hydrogen) atoms. The van der Waals surface area contributed by atoms with E-state index in [-0.39, 0.29) is 0 Å². The molecule has 4 heteroatoms. The Morgan fingerprint density at radius 2 is 2.16 bits per heavy atom. The van der Waals surface area contributed by atoms with E-state index >= 15 is 0 Å². The first-order valence-electron chi connectivity index (χ1n) is 6.13. The maximum Gasteiger partial charge on any atom is 0.127 e. The van der Waals surface area contributed by atoms with E-state index < -0.39 is 0 Å². The lowest BCUT2D eigenvalue weighted by Gasteiger charge is -2.07. The molecule has 0 aliphatic rings. The first-order chi connectivity index (χ1) is 9.33. The summed E-state index contributed by atoms with van der Waals surface area (Å²) in [6.07, 6.45) is 3.84. The van der Waals surface area contributed by atoms with Crippen molar-refractivity contribution in [2.45, 2.75) is 6.54 Å². The van der Waals surface area contributed by atoms with Crippen molar-refractivity contribution in [1.29, 1.82) is 0 Å². The molecule has 0 saturated carbocycles. The van der Waals surface area contributed by atoms with Crippen LogP contribution in [0.2, 0.25) is 0 Å². The van der Waals surface area contributed by atoms with Crippen molar-refractivity contribution in [1.82, 2.24) is 9.38 Å². The topological polar surface area (TPSA) is 52.5 Å². The van der Waals surface area contributed by atoms with Crippen molar-refractivity contribution < 1.29 is 4.74 Å². The minimum Gasteiger partial charge on any atom is -0.497 e. The SMILES string of the molecule is COc1cccc(-c2cccn3c(CN)ncc23)c1. The Balaban J connectivity index is 2.21. The fraction of sp³-hybridized carbons (Fsp3) is 0.133. The Labute approximate surface area is 111 Å². The summed E-state index contributed by atoms with van der Waals surface area (Å²) in [6.45, 7) is 0.426. The lowest BCUT2D eigenvalue weighted by Crippen LogP contribution is -2.02. The lowest BCUT2D eigenvalue weighted by atomic mass is 10.1. The zero-order chi connectivity index (χ0) is 13.2. The number of ether oxygens (including phenoxy) is 1. The highest BCUT2D eigenvalue weighted by Gasteiger charge is 2.08. The van der Waals surface area contributed by atoms with Gasteiger partial charge in [0, 0.05) is 11.8 Å². The minimum atomic E-state index is 0.426. The number of imidazole rings is 1. The standard InChI is InChI=1S/C15H15N3O/c1-19-12-5-2-4-11(8-12)13-6-3-7-18-14(13)10-17-15(18)9-16/h2-8,10H,9,16H2,1H3. The third kappa shape index (κ3) is 1.96. The number of methoxy groups -OCH3 is 1. The van der Waals surface area contributed by atoms with Crippen LogP contribution in [0.4, 0.5) is 0 Å². The Hall–Kier alpha value is -2.33. The van der Waals surface area contributed by atoms with Gasteiger partial charge in [-0.2, -0.15) is 0 Å². The van der Waals surface area contributed by atoms with E-state index in [0.29, 0.717) is 6.54 Å². The van der Waals surface area contributed by atoms with Gasteiger partial charge in [0.1, 0.15) is 11.6 Å². The number of nitrogens with two attached hydrogens (primary N) is 1. The van der Waals surface area contributed by atoms with Gasteiger partial charge in [-0.1, -0.05) is 18.2 Å². The molecule has 0 unspecified atom stereocenters. The van der Waals surface area contributed by atoms with E-state index in [4.69, 9.17) is 10.5 Å². The highest BCUT2D eigenvalue weighted by Crippen LogP contribution is 2.27. The zero-order valence-electron chi connectivity index (χ0n) is 10.7. The summed E-state index contributed by atoms with van der Waals surface area (Å²) < 4.78 is 7.29. The molecule has 1 aromatic carbocycles. The van der Waals surface area contributed by atoms with Gasteiger partial charge < -0.3 is 14.9 Å². The molecule has 0 bridgehead atoms. The predicted molar refractivity (Wildman–Crippen MR) is 75.1 cm³/mol. The second kappa shape index (κ2) is 4.74. The van der Waals surface area contributed by atoms with Gasteiger partial charge in [-0.25, -0.2) is 4.98 Å². The summed E-state index contributed by atoms with van der Waals surface area (Å²) in [5, 5.41) is 0. The molecule has 0 atom stereocenters. The molecule has 0 saturated heterocycles. The maximum atomic E-state index is 5.69. The number of fused-ring (bicyclic) bond motifs is 1. The van der Waals surface area contributed by atoms with Crippen LogP contribution in [-0.2, 0) is 6.54 Å². The number of pyridine rings is 1. The second-order valence-corrected chi connectivity index (χ2v) is 4.29. The van der Waals surface area contributed by atoms with Crippen LogP contribution in [0.25, 0.3) is 16.6 Å². The first-order valence-corrected chi connectivity index (χ1v) is 6.13. The van der Waals surface area contributed by atoms with Gasteiger partial charge in [0.05, 0.1) is 25.4 Å². The summed E-state index contributed by atoms with van der Waals surface area (Å²) in [4.78, 5) is 4.35. The highest BCUT2D eigenvalue weighted by atomic mass is 16.5. The minimum absolute atomic E-state index is 0.426. The Morgan fingerprint density at radius 1 is 1.26 bits per heavy atom. The van der Waals surface area contributed by atoms with Gasteiger partial charge >= 0.3 is 0 Å². The van der Waals surface area contributed by atoms with Crippen LogP contribution >= 0.6 is 0 Å². The monoisotopic (exact) mass is 253 g/mol. The molecule has 0 radical (unpaired) electrons. The predicted octanol–water partition coefficient (Wildman–Crippen LogP) is 2.47. The van der Waals surface area contributed by atoms with Crippen molar-refractivity contribution in [3.8, 4) is 16.9 Å². The van der Waals surface area contributed by atoms with Crippen LogP contribution in [-0.4, -0.2) is 16.5 Å². The van der Waals surface area contributed by atoms with Crippen LogP contribution < -0.4 is 10.5 Å². The van der Waals surface area contributed by atoms with Crippen LogP contribution in [0.1, 0.15) is 5.82 Å². The highest BCUT2D eigenvalue weighted by molar-refractivity contribution is 5.80. The van der Waals surface area contributed by atoms with Gasteiger partial charge in [0.25, 0.3) is 0 Å². The van der Waals surface area contributed by atoms with Gasteiger partial charge in [-0.3, -0.25) is 0 Å². The van der Waals surface area contributed by atoms with E-state index in [1.54, 1.807) is 7.11 Å². The summed E-state index contributed by atoms with van der Waals surface area (Å²) in [6, 6.07) is 12.1. The number of benzene rings is 1. The number of nitrogens with zero attached hydrogens (tertiary/aromatic N) is 2. The van der Waals surface area contributed by atoms with Crippen molar-refractivity contribution in [2.24, 2.45) is 5.73 Å². The summed E-state index contributed by atoms with van der Waals surface area (Å²) >= 11 is 0. The van der Waals surface area contributed by atoms with E-state index in [0.717, 1.165) is 28.2 Å². The van der Waals surface area contributed by atoms with E-state index in [9.17, 15) is 0 Å². The quantitative estimate of drug-likeness (QED) is 0.780. The van der Waals surface area contributed by atoms with E-state index in [1.807, 2.05) is 41.1 Å². The molecule has 3 rings (SSSR count). The molecule has 2 aromatic heterocycles. The van der Waals surface area contributed by atoms with Gasteiger partial charge in [0.2, 0.25) is 0 Å². The van der Waals surface area contributed by atoms with E-state index in [2.05, 4.69) is 17.1 Å². The summed E-state index contributed by atoms with van der Waals surface area (Å²) in [5.41, 5.74) is 8.97. The molecule has 0 aliphatic carbocycles. The average molecular weight is 253 g/mol. The van der Waals surface area contributed by atoms with E-state index in [1.165, 1.54) is 0 Å². The molecule has 96 valence electrons. The Bertz CT molecular complexity index is 718. The number of aromatic nitrogens is 2. The molecule has 0 fully saturated rings. The molecule has 4 nitrogen and oxygen atoms in total. The lowest BCUT2D eigenvalue weighted by molar-refractivity contribution is 0.415. The van der Waals surface area contributed by atoms with Crippen LogP contribution in [0.5, 0.6) is 5.75 Å². The molecule has 0 amide bonds. The number of hydrogen-bond donors (Lipinski definition) is 1. The second-order valence-electron chi connectivity index (χ2n) is 4.29. The molecule has 2 N–H and O–H groups in total. The van der Waals surface area contributed by atoms with Crippen molar-refractivity contribution in [3.05, 3.63) is 54.6 Å². The van der Waals surface area contributed by atoms with Crippen LogP contribution in [0, 0.1) is 0 Å². The van der Waals surface area contributed by atoms with Gasteiger partial charge in [-0.05, 0) is 23.8 Å². The number of hydrogen-bond acceptors (Lipinski definition) is 3. The maximum absolute atomic E-state index is 5.69. The molecule has 0 aliphatic heterocycles. The van der Waals surface area contributed by atoms with Crippen molar-refractivity contribution >= 4 is 5.52 Å². The largest absolute Gasteiger partial charge is 0.497 e. The summed E-state index contributed by atoms with van der Waals surface area (Å²) in [5.74, 6) is 1.71. The van der Waals surface area contributed by atoms with Crippen LogP contribution in [0.3, 0.4) is 0 Å². The smallest absolute Gasteiger partial charge is 0.127 e. The zero-order valence-corrected chi connectivity index (χ0v) is 10.7. The molecule has 3 aromatic rings. The van der Waals surface area contributed by atoms with Gasteiger partial charge in [-0.15, -0.1) is 0 Å². The van der Waals surface area contributed by atoms with Crippen molar-refractivity contribution in [3.63, 3.8) is 0 Å². The fourth-order valence-electron chi connectivity index (χ4n) is 2.26. The third-order valence-corrected chi connectivity index (χ3v) is 3.21.